The molecule has 1 atom stereocenters. The van der Waals surface area contributed by atoms with Gasteiger partial charge < -0.3 is 10.1 Å². The highest BCUT2D eigenvalue weighted by Crippen LogP contribution is 2.23. The first-order valence-corrected chi connectivity index (χ1v) is 5.39. The zero-order valence-electron chi connectivity index (χ0n) is 9.56. The number of aryl methyl sites for hydroxylation is 1. The molecule has 4 heteroatoms. The van der Waals surface area contributed by atoms with E-state index in [1.165, 1.54) is 0 Å². The first-order valence-electron chi connectivity index (χ1n) is 5.39. The van der Waals surface area contributed by atoms with Crippen LogP contribution in [0.5, 0.6) is 0 Å². The Morgan fingerprint density at radius 3 is 3.06 bits per heavy atom. The summed E-state index contributed by atoms with van der Waals surface area (Å²) in [6.07, 6.45) is -0.258. The van der Waals surface area contributed by atoms with E-state index in [1.54, 1.807) is 4.90 Å². The van der Waals surface area contributed by atoms with E-state index in [0.29, 0.717) is 6.61 Å². The summed E-state index contributed by atoms with van der Waals surface area (Å²) in [5, 5.41) is 3.07. The maximum absolute atomic E-state index is 11.6. The second-order valence-corrected chi connectivity index (χ2v) is 4.00. The molecule has 4 nitrogen and oxygen atoms in total. The number of nitrogens with zero attached hydrogens (tertiary/aromatic N) is 1. The summed E-state index contributed by atoms with van der Waals surface area (Å²) in [6, 6.07) is 7.97. The molecule has 1 heterocycles. The number of hydrogen-bond donors (Lipinski definition) is 1. The van der Waals surface area contributed by atoms with E-state index in [1.807, 2.05) is 38.2 Å². The Kier molecular flexibility index (Phi) is 3.10. The fourth-order valence-electron chi connectivity index (χ4n) is 1.94. The average molecular weight is 220 g/mol. The van der Waals surface area contributed by atoms with Crippen molar-refractivity contribution >= 4 is 11.8 Å². The van der Waals surface area contributed by atoms with Crippen molar-refractivity contribution in [2.75, 3.05) is 25.1 Å². The Bertz CT molecular complexity index is 392. The number of hydrogen-bond acceptors (Lipinski definition) is 3. The third-order valence-electron chi connectivity index (χ3n) is 2.68. The van der Waals surface area contributed by atoms with Gasteiger partial charge in [-0.1, -0.05) is 12.1 Å². The fraction of sp³-hybridized carbons (Fsp3) is 0.417. The van der Waals surface area contributed by atoms with Crippen molar-refractivity contribution in [3.63, 3.8) is 0 Å². The number of anilines is 1. The number of benzene rings is 1. The first-order chi connectivity index (χ1) is 7.72. The third-order valence-corrected chi connectivity index (χ3v) is 2.68. The van der Waals surface area contributed by atoms with E-state index in [9.17, 15) is 4.79 Å². The molecule has 1 N–H and O–H groups in total. The minimum absolute atomic E-state index is 0.0827. The monoisotopic (exact) mass is 220 g/mol. The van der Waals surface area contributed by atoms with Crippen molar-refractivity contribution in [1.29, 1.82) is 0 Å². The number of rotatable bonds is 3. The van der Waals surface area contributed by atoms with Crippen molar-refractivity contribution in [1.82, 2.24) is 5.32 Å². The molecule has 0 spiro atoms. The van der Waals surface area contributed by atoms with Crippen LogP contribution in [-0.2, 0) is 4.74 Å². The second-order valence-electron chi connectivity index (χ2n) is 4.00. The van der Waals surface area contributed by atoms with E-state index in [2.05, 4.69) is 5.32 Å². The van der Waals surface area contributed by atoms with Crippen molar-refractivity contribution in [3.05, 3.63) is 29.8 Å². The molecule has 1 saturated heterocycles. The predicted molar refractivity (Wildman–Crippen MR) is 62.7 cm³/mol. The molecule has 1 fully saturated rings. The van der Waals surface area contributed by atoms with Crippen LogP contribution >= 0.6 is 0 Å². The van der Waals surface area contributed by atoms with Crippen LogP contribution in [0.25, 0.3) is 0 Å². The zero-order valence-corrected chi connectivity index (χ0v) is 9.56. The molecule has 1 aromatic carbocycles. The van der Waals surface area contributed by atoms with Crippen LogP contribution in [-0.4, -0.2) is 32.3 Å². The molecular weight excluding hydrogens is 204 g/mol. The van der Waals surface area contributed by atoms with Crippen LogP contribution in [0, 0.1) is 6.92 Å². The maximum atomic E-state index is 11.6. The number of likely N-dealkylation sites (N-methyl/N-ethyl adjacent to an activating group) is 1. The summed E-state index contributed by atoms with van der Waals surface area (Å²) in [7, 11) is 1.87. The minimum atomic E-state index is -0.258. The summed E-state index contributed by atoms with van der Waals surface area (Å²) < 4.78 is 5.07. The van der Waals surface area contributed by atoms with Crippen LogP contribution < -0.4 is 10.2 Å². The minimum Gasteiger partial charge on any atom is -0.447 e. The molecule has 16 heavy (non-hydrogen) atoms. The molecule has 0 aliphatic carbocycles. The van der Waals surface area contributed by atoms with Crippen LogP contribution in [0.15, 0.2) is 24.3 Å². The molecule has 2 rings (SSSR count). The quantitative estimate of drug-likeness (QED) is 0.840. The molecule has 0 bridgehead atoms. The summed E-state index contributed by atoms with van der Waals surface area (Å²) in [4.78, 5) is 13.4. The SMILES string of the molecule is CNCC1COC(=O)N1c1cccc(C)c1. The van der Waals surface area contributed by atoms with E-state index < -0.39 is 0 Å². The van der Waals surface area contributed by atoms with Gasteiger partial charge >= 0.3 is 6.09 Å². The van der Waals surface area contributed by atoms with Gasteiger partial charge in [-0.2, -0.15) is 0 Å². The lowest BCUT2D eigenvalue weighted by molar-refractivity contribution is 0.178. The third kappa shape index (κ3) is 2.02. The van der Waals surface area contributed by atoms with Gasteiger partial charge in [0, 0.05) is 12.2 Å². The Hall–Kier alpha value is -1.55. The van der Waals surface area contributed by atoms with Gasteiger partial charge in [-0.15, -0.1) is 0 Å². The van der Waals surface area contributed by atoms with Gasteiger partial charge in [-0.05, 0) is 31.7 Å². The molecular formula is C12H16N2O2. The van der Waals surface area contributed by atoms with Crippen LogP contribution in [0.3, 0.4) is 0 Å². The molecule has 1 amide bonds. The highest BCUT2D eigenvalue weighted by molar-refractivity contribution is 5.90. The summed E-state index contributed by atoms with van der Waals surface area (Å²) in [5.74, 6) is 0. The molecule has 1 aliphatic heterocycles. The summed E-state index contributed by atoms with van der Waals surface area (Å²) in [5.41, 5.74) is 2.04. The fourth-order valence-corrected chi connectivity index (χ4v) is 1.94. The normalized spacial score (nSPS) is 20.0. The lowest BCUT2D eigenvalue weighted by atomic mass is 10.2. The van der Waals surface area contributed by atoms with E-state index in [0.717, 1.165) is 17.8 Å². The second kappa shape index (κ2) is 4.53. The van der Waals surface area contributed by atoms with Crippen molar-refractivity contribution < 1.29 is 9.53 Å². The first kappa shape index (κ1) is 11.0. The van der Waals surface area contributed by atoms with Crippen LogP contribution in [0.1, 0.15) is 5.56 Å². The van der Waals surface area contributed by atoms with Crippen LogP contribution in [0.4, 0.5) is 10.5 Å². The average Bonchev–Trinajstić information content (AvgIpc) is 2.60. The number of nitrogens with one attached hydrogen (secondary N) is 1. The number of carbonyl (C=O) groups excluding carboxylic acids is 1. The van der Waals surface area contributed by atoms with Gasteiger partial charge in [0.1, 0.15) is 6.61 Å². The molecule has 1 aromatic rings. The van der Waals surface area contributed by atoms with Gasteiger partial charge in [0.2, 0.25) is 0 Å². The van der Waals surface area contributed by atoms with Gasteiger partial charge in [0.05, 0.1) is 6.04 Å². The molecule has 1 unspecified atom stereocenters. The number of cyclic esters (lactones) is 1. The highest BCUT2D eigenvalue weighted by Gasteiger charge is 2.33. The Morgan fingerprint density at radius 2 is 2.38 bits per heavy atom. The van der Waals surface area contributed by atoms with Gasteiger partial charge in [-0.25, -0.2) is 4.79 Å². The molecule has 0 saturated carbocycles. The molecule has 0 aromatic heterocycles. The Balaban J connectivity index is 2.26. The number of ether oxygens (including phenoxy) is 1. The van der Waals surface area contributed by atoms with Gasteiger partial charge in [0.15, 0.2) is 0 Å². The van der Waals surface area contributed by atoms with Gasteiger partial charge in [-0.3, -0.25) is 4.90 Å². The molecule has 86 valence electrons. The van der Waals surface area contributed by atoms with Gasteiger partial charge in [0.25, 0.3) is 0 Å². The Morgan fingerprint density at radius 1 is 1.56 bits per heavy atom. The zero-order chi connectivity index (χ0) is 11.5. The summed E-state index contributed by atoms with van der Waals surface area (Å²) >= 11 is 0. The van der Waals surface area contributed by atoms with E-state index >= 15 is 0 Å². The highest BCUT2D eigenvalue weighted by atomic mass is 16.6. The largest absolute Gasteiger partial charge is 0.447 e. The van der Waals surface area contributed by atoms with Crippen molar-refractivity contribution in [3.8, 4) is 0 Å². The molecule has 1 aliphatic rings. The maximum Gasteiger partial charge on any atom is 0.414 e. The number of amides is 1. The predicted octanol–water partition coefficient (Wildman–Crippen LogP) is 1.54. The number of carbonyl (C=O) groups is 1. The summed E-state index contributed by atoms with van der Waals surface area (Å²) in [6.45, 7) is 3.20. The lowest BCUT2D eigenvalue weighted by Gasteiger charge is -2.21. The standard InChI is InChI=1S/C12H16N2O2/c1-9-4-3-5-10(6-9)14-11(7-13-2)8-16-12(14)15/h3-6,11,13H,7-8H2,1-2H3. The smallest absolute Gasteiger partial charge is 0.414 e. The van der Waals surface area contributed by atoms with Crippen molar-refractivity contribution in [2.24, 2.45) is 0 Å². The lowest BCUT2D eigenvalue weighted by Crippen LogP contribution is -2.40. The van der Waals surface area contributed by atoms with Crippen LogP contribution in [0.2, 0.25) is 0 Å². The molecule has 0 radical (unpaired) electrons. The Labute approximate surface area is 95.2 Å². The van der Waals surface area contributed by atoms with E-state index in [4.69, 9.17) is 4.74 Å². The van der Waals surface area contributed by atoms with Crippen molar-refractivity contribution in [2.45, 2.75) is 13.0 Å². The topological polar surface area (TPSA) is 41.6 Å². The van der Waals surface area contributed by atoms with E-state index in [-0.39, 0.29) is 12.1 Å².